The minimum Gasteiger partial charge on any atom is -0.450 e. The molecular formula is C16H22O11. The number of ether oxygens (including phenoxy) is 5. The first-order valence-corrected chi connectivity index (χ1v) is 8.49. The van der Waals surface area contributed by atoms with Gasteiger partial charge in [0, 0.05) is 13.2 Å². The molecule has 0 saturated carbocycles. The highest BCUT2D eigenvalue weighted by atomic mass is 16.6. The molecule has 2 aliphatic heterocycles. The van der Waals surface area contributed by atoms with Gasteiger partial charge in [-0.3, -0.25) is 9.59 Å². The van der Waals surface area contributed by atoms with Crippen LogP contribution in [0.1, 0.15) is 13.8 Å². The van der Waals surface area contributed by atoms with E-state index in [2.05, 4.69) is 0 Å². The number of carbonyl (C=O) groups excluding carboxylic acids is 4. The van der Waals surface area contributed by atoms with Crippen molar-refractivity contribution in [3.05, 3.63) is 0 Å². The average molecular weight is 390 g/mol. The number of hydrogen-bond acceptors (Lipinski definition) is 11. The van der Waals surface area contributed by atoms with E-state index in [-0.39, 0.29) is 13.2 Å². The summed E-state index contributed by atoms with van der Waals surface area (Å²) in [4.78, 5) is 46.8. The lowest BCUT2D eigenvalue weighted by molar-refractivity contribution is -0.185. The molecule has 0 aromatic rings. The highest BCUT2D eigenvalue weighted by molar-refractivity contribution is 6.37. The Kier molecular flexibility index (Phi) is 7.39. The Hall–Kier alpha value is -1.92. The fourth-order valence-corrected chi connectivity index (χ4v) is 2.93. The number of aliphatic hydroxyl groups excluding tert-OH is 2. The number of cyclic esters (lactones) is 2. The van der Waals surface area contributed by atoms with Gasteiger partial charge in [-0.1, -0.05) is 0 Å². The summed E-state index contributed by atoms with van der Waals surface area (Å²) in [7, 11) is 0. The van der Waals surface area contributed by atoms with Crippen LogP contribution in [-0.2, 0) is 42.9 Å². The van der Waals surface area contributed by atoms with Gasteiger partial charge in [0.25, 0.3) is 11.6 Å². The lowest BCUT2D eigenvalue weighted by Crippen LogP contribution is -2.49. The third-order valence-electron chi connectivity index (χ3n) is 4.14. The molecular weight excluding hydrogens is 368 g/mol. The monoisotopic (exact) mass is 390 g/mol. The van der Waals surface area contributed by atoms with Crippen molar-refractivity contribution in [3.8, 4) is 0 Å². The highest BCUT2D eigenvalue weighted by Crippen LogP contribution is 2.26. The fourth-order valence-electron chi connectivity index (χ4n) is 2.93. The average Bonchev–Trinajstić information content (AvgIpc) is 3.09. The van der Waals surface area contributed by atoms with Crippen LogP contribution in [0.5, 0.6) is 0 Å². The third-order valence-corrected chi connectivity index (χ3v) is 4.14. The first kappa shape index (κ1) is 21.4. The van der Waals surface area contributed by atoms with Crippen LogP contribution in [0.3, 0.4) is 0 Å². The summed E-state index contributed by atoms with van der Waals surface area (Å²) in [6.07, 6.45) is -7.63. The quantitative estimate of drug-likeness (QED) is 0.301. The summed E-state index contributed by atoms with van der Waals surface area (Å²) in [5.41, 5.74) is 0. The van der Waals surface area contributed by atoms with Crippen LogP contribution in [0.15, 0.2) is 0 Å². The molecule has 0 amide bonds. The van der Waals surface area contributed by atoms with Gasteiger partial charge in [-0.2, -0.15) is 0 Å². The van der Waals surface area contributed by atoms with E-state index < -0.39 is 73.3 Å². The first-order valence-electron chi connectivity index (χ1n) is 8.49. The van der Waals surface area contributed by atoms with Crippen molar-refractivity contribution >= 4 is 23.5 Å². The van der Waals surface area contributed by atoms with Gasteiger partial charge >= 0.3 is 11.9 Å². The Balaban J connectivity index is 2.17. The van der Waals surface area contributed by atoms with Gasteiger partial charge in [-0.05, 0) is 13.8 Å². The third kappa shape index (κ3) is 4.33. The summed E-state index contributed by atoms with van der Waals surface area (Å²) in [6, 6.07) is 0. The molecule has 0 spiro atoms. The van der Waals surface area contributed by atoms with Gasteiger partial charge in [0.1, 0.15) is 12.2 Å². The van der Waals surface area contributed by atoms with Gasteiger partial charge < -0.3 is 33.9 Å². The van der Waals surface area contributed by atoms with Gasteiger partial charge in [0.2, 0.25) is 0 Å². The summed E-state index contributed by atoms with van der Waals surface area (Å²) < 4.78 is 25.8. The van der Waals surface area contributed by atoms with Crippen molar-refractivity contribution < 1.29 is 53.1 Å². The second-order valence-electron chi connectivity index (χ2n) is 5.80. The van der Waals surface area contributed by atoms with Crippen LogP contribution in [-0.4, -0.2) is 96.8 Å². The van der Waals surface area contributed by atoms with Crippen LogP contribution in [0.4, 0.5) is 0 Å². The number of hydrogen-bond donors (Lipinski definition) is 2. The summed E-state index contributed by atoms with van der Waals surface area (Å²) in [5, 5.41) is 19.3. The van der Waals surface area contributed by atoms with Gasteiger partial charge in [0.05, 0.1) is 13.2 Å². The zero-order chi connectivity index (χ0) is 20.1. The molecule has 2 aliphatic rings. The molecule has 0 aliphatic carbocycles. The Morgan fingerprint density at radius 2 is 1.19 bits per heavy atom. The largest absolute Gasteiger partial charge is 0.450 e. The molecule has 0 radical (unpaired) electrons. The normalized spacial score (nSPS) is 30.4. The second kappa shape index (κ2) is 9.33. The maximum absolute atomic E-state index is 11.8. The van der Waals surface area contributed by atoms with E-state index in [1.807, 2.05) is 0 Å². The van der Waals surface area contributed by atoms with Gasteiger partial charge in [0.15, 0.2) is 24.4 Å². The maximum Gasteiger partial charge on any atom is 0.378 e. The van der Waals surface area contributed by atoms with Crippen molar-refractivity contribution in [2.45, 2.75) is 50.5 Å². The van der Waals surface area contributed by atoms with E-state index in [0.717, 1.165) is 0 Å². The minimum atomic E-state index is -1.28. The van der Waals surface area contributed by atoms with Crippen LogP contribution in [0.2, 0.25) is 0 Å². The number of ketones is 2. The predicted octanol–water partition coefficient (Wildman–Crippen LogP) is -2.48. The molecule has 6 atom stereocenters. The van der Waals surface area contributed by atoms with E-state index in [1.54, 1.807) is 13.8 Å². The van der Waals surface area contributed by atoms with E-state index in [9.17, 15) is 29.4 Å². The van der Waals surface area contributed by atoms with E-state index in [0.29, 0.717) is 0 Å². The molecule has 152 valence electrons. The SMILES string of the molecule is CCOC1C(=O)C(=O)O[C@@H]1[C@H](CO)O[C@@H](CO)[C@H]1OC(=O)C(=O)C1OCC. The van der Waals surface area contributed by atoms with Crippen LogP contribution >= 0.6 is 0 Å². The molecule has 2 N–H and O–H groups in total. The first-order chi connectivity index (χ1) is 12.9. The second-order valence-corrected chi connectivity index (χ2v) is 5.80. The molecule has 0 bridgehead atoms. The number of carbonyl (C=O) groups is 4. The van der Waals surface area contributed by atoms with Gasteiger partial charge in [-0.25, -0.2) is 9.59 Å². The summed E-state index contributed by atoms with van der Waals surface area (Å²) >= 11 is 0. The number of aliphatic hydroxyl groups is 2. The molecule has 0 aromatic heterocycles. The molecule has 2 saturated heterocycles. The zero-order valence-corrected chi connectivity index (χ0v) is 14.9. The predicted molar refractivity (Wildman–Crippen MR) is 83.4 cm³/mol. The van der Waals surface area contributed by atoms with Crippen molar-refractivity contribution in [1.29, 1.82) is 0 Å². The Bertz CT molecular complexity index is 539. The molecule has 11 nitrogen and oxygen atoms in total. The van der Waals surface area contributed by atoms with Crippen LogP contribution in [0, 0.1) is 0 Å². The number of rotatable bonds is 10. The number of esters is 2. The highest BCUT2D eigenvalue weighted by Gasteiger charge is 2.52. The van der Waals surface area contributed by atoms with Crippen LogP contribution < -0.4 is 0 Å². The molecule has 2 fully saturated rings. The minimum absolute atomic E-state index is 0.103. The Labute approximate surface area is 154 Å². The smallest absolute Gasteiger partial charge is 0.378 e. The van der Waals surface area contributed by atoms with Crippen molar-refractivity contribution in [2.24, 2.45) is 0 Å². The van der Waals surface area contributed by atoms with Crippen LogP contribution in [0.25, 0.3) is 0 Å². The summed E-state index contributed by atoms with van der Waals surface area (Å²) in [5.74, 6) is -4.09. The Morgan fingerprint density at radius 1 is 0.815 bits per heavy atom. The molecule has 2 heterocycles. The van der Waals surface area contributed by atoms with E-state index >= 15 is 0 Å². The van der Waals surface area contributed by atoms with Crippen molar-refractivity contribution in [1.82, 2.24) is 0 Å². The Morgan fingerprint density at radius 3 is 1.48 bits per heavy atom. The fraction of sp³-hybridized carbons (Fsp3) is 0.750. The van der Waals surface area contributed by atoms with Crippen molar-refractivity contribution in [2.75, 3.05) is 26.4 Å². The maximum atomic E-state index is 11.8. The lowest BCUT2D eigenvalue weighted by atomic mass is 10.0. The molecule has 2 rings (SSSR count). The molecule has 11 heteroatoms. The lowest BCUT2D eigenvalue weighted by Gasteiger charge is -2.31. The van der Waals surface area contributed by atoms with Gasteiger partial charge in [-0.15, -0.1) is 0 Å². The zero-order valence-electron chi connectivity index (χ0n) is 14.9. The summed E-state index contributed by atoms with van der Waals surface area (Å²) in [6.45, 7) is 2.03. The topological polar surface area (TPSA) is 155 Å². The molecule has 27 heavy (non-hydrogen) atoms. The van der Waals surface area contributed by atoms with E-state index in [1.165, 1.54) is 0 Å². The standard InChI is InChI=1S/C16H22O11/c1-3-23-13-9(19)15(21)26-11(13)7(5-17)25-8(6-18)12-14(24-4-2)10(20)16(22)27-12/h7-8,11-14,17-18H,3-6H2,1-2H3/t7-,8-,11+,12+,13?,14?/m0/s1. The molecule has 0 aromatic carbocycles. The molecule has 2 unspecified atom stereocenters. The van der Waals surface area contributed by atoms with Crippen molar-refractivity contribution in [3.63, 3.8) is 0 Å². The number of Topliss-reactive ketones (excluding diaryl/α,β-unsaturated/α-hetero) is 2. The van der Waals surface area contributed by atoms with E-state index in [4.69, 9.17) is 23.7 Å².